The van der Waals surface area contributed by atoms with Crippen molar-refractivity contribution in [2.75, 3.05) is 17.2 Å². The van der Waals surface area contributed by atoms with E-state index in [9.17, 15) is 13.6 Å². The van der Waals surface area contributed by atoms with Gasteiger partial charge in [0.25, 0.3) is 0 Å². The van der Waals surface area contributed by atoms with Crippen molar-refractivity contribution in [2.24, 2.45) is 0 Å². The summed E-state index contributed by atoms with van der Waals surface area (Å²) >= 11 is 3.32. The lowest BCUT2D eigenvalue weighted by atomic mass is 10.3. The van der Waals surface area contributed by atoms with E-state index in [0.29, 0.717) is 0 Å². The van der Waals surface area contributed by atoms with E-state index in [1.807, 2.05) is 24.3 Å². The fourth-order valence-corrected chi connectivity index (χ4v) is 1.96. The van der Waals surface area contributed by atoms with E-state index in [1.54, 1.807) is 0 Å². The van der Waals surface area contributed by atoms with Gasteiger partial charge in [-0.2, -0.15) is 0 Å². The van der Waals surface area contributed by atoms with Gasteiger partial charge >= 0.3 is 0 Å². The van der Waals surface area contributed by atoms with Gasteiger partial charge in [0, 0.05) is 21.9 Å². The molecule has 0 bridgehead atoms. The first-order chi connectivity index (χ1) is 9.54. The van der Waals surface area contributed by atoms with Gasteiger partial charge in [-0.15, -0.1) is 0 Å². The number of carbonyl (C=O) groups excluding carboxylic acids is 1. The average Bonchev–Trinajstić information content (AvgIpc) is 2.41. The molecule has 0 fully saturated rings. The third-order valence-electron chi connectivity index (χ3n) is 2.48. The Bertz CT molecular complexity index is 634. The summed E-state index contributed by atoms with van der Waals surface area (Å²) in [6, 6.07) is 10.5. The summed E-state index contributed by atoms with van der Waals surface area (Å²) in [7, 11) is 0. The van der Waals surface area contributed by atoms with Crippen LogP contribution < -0.4 is 10.6 Å². The molecule has 0 atom stereocenters. The number of amides is 1. The summed E-state index contributed by atoms with van der Waals surface area (Å²) < 4.78 is 26.6. The Kier molecular flexibility index (Phi) is 4.68. The van der Waals surface area contributed by atoms with Crippen molar-refractivity contribution < 1.29 is 13.6 Å². The predicted octanol–water partition coefficient (Wildman–Crippen LogP) is 3.78. The molecule has 0 spiro atoms. The van der Waals surface area contributed by atoms with Crippen LogP contribution in [0, 0.1) is 11.6 Å². The van der Waals surface area contributed by atoms with Gasteiger partial charge in [0.2, 0.25) is 5.91 Å². The van der Waals surface area contributed by atoms with E-state index >= 15 is 0 Å². The Morgan fingerprint density at radius 3 is 2.55 bits per heavy atom. The summed E-state index contributed by atoms with van der Waals surface area (Å²) in [6.07, 6.45) is 0. The third-order valence-corrected chi connectivity index (χ3v) is 2.97. The molecule has 0 aliphatic rings. The minimum Gasteiger partial charge on any atom is -0.376 e. The number of benzene rings is 2. The number of halogens is 3. The highest BCUT2D eigenvalue weighted by atomic mass is 79.9. The second-order valence-corrected chi connectivity index (χ2v) is 4.96. The number of hydrogen-bond donors (Lipinski definition) is 2. The van der Waals surface area contributed by atoms with Gasteiger partial charge in [0.05, 0.1) is 6.54 Å². The molecule has 0 heterocycles. The molecule has 2 aromatic carbocycles. The molecule has 0 saturated carbocycles. The summed E-state index contributed by atoms with van der Waals surface area (Å²) in [6.45, 7) is 0.0233. The molecule has 0 radical (unpaired) electrons. The quantitative estimate of drug-likeness (QED) is 0.889. The van der Waals surface area contributed by atoms with Crippen molar-refractivity contribution in [2.45, 2.75) is 0 Å². The van der Waals surface area contributed by atoms with E-state index in [-0.39, 0.29) is 18.1 Å². The molecule has 2 N–H and O–H groups in total. The number of anilines is 2. The molecular weight excluding hydrogens is 330 g/mol. The first-order valence-corrected chi connectivity index (χ1v) is 6.58. The van der Waals surface area contributed by atoms with Crippen LogP contribution in [0.1, 0.15) is 0 Å². The molecule has 0 aliphatic carbocycles. The van der Waals surface area contributed by atoms with Crippen molar-refractivity contribution >= 4 is 33.2 Å². The number of carbonyl (C=O) groups is 1. The largest absolute Gasteiger partial charge is 0.376 e. The van der Waals surface area contributed by atoms with E-state index in [4.69, 9.17) is 0 Å². The van der Waals surface area contributed by atoms with Crippen molar-refractivity contribution in [3.63, 3.8) is 0 Å². The zero-order valence-electron chi connectivity index (χ0n) is 10.3. The SMILES string of the molecule is O=C(CNc1cccc(Br)c1)Nc1ccc(F)c(F)c1. The maximum Gasteiger partial charge on any atom is 0.243 e. The maximum atomic E-state index is 13.0. The standard InChI is InChI=1S/C14H11BrF2N2O/c15-9-2-1-3-10(6-9)18-8-14(20)19-11-4-5-12(16)13(17)7-11/h1-7,18H,8H2,(H,19,20). The highest BCUT2D eigenvalue weighted by Gasteiger charge is 2.06. The summed E-state index contributed by atoms with van der Waals surface area (Å²) in [5, 5.41) is 5.40. The zero-order valence-corrected chi connectivity index (χ0v) is 11.9. The van der Waals surface area contributed by atoms with Crippen LogP contribution in [0.15, 0.2) is 46.9 Å². The summed E-state index contributed by atoms with van der Waals surface area (Å²) in [4.78, 5) is 11.7. The number of nitrogens with one attached hydrogen (secondary N) is 2. The van der Waals surface area contributed by atoms with E-state index in [0.717, 1.165) is 22.3 Å². The number of hydrogen-bond acceptors (Lipinski definition) is 2. The maximum absolute atomic E-state index is 13.0. The van der Waals surface area contributed by atoms with E-state index < -0.39 is 11.6 Å². The molecule has 6 heteroatoms. The van der Waals surface area contributed by atoms with Gasteiger partial charge in [0.1, 0.15) is 0 Å². The second kappa shape index (κ2) is 6.47. The van der Waals surface area contributed by atoms with Crippen molar-refractivity contribution in [1.29, 1.82) is 0 Å². The average molecular weight is 341 g/mol. The van der Waals surface area contributed by atoms with Gasteiger partial charge in [-0.1, -0.05) is 22.0 Å². The van der Waals surface area contributed by atoms with Crippen molar-refractivity contribution in [1.82, 2.24) is 0 Å². The fraction of sp³-hybridized carbons (Fsp3) is 0.0714. The van der Waals surface area contributed by atoms with Crippen LogP contribution in [0.5, 0.6) is 0 Å². The molecule has 2 rings (SSSR count). The predicted molar refractivity (Wildman–Crippen MR) is 77.6 cm³/mol. The second-order valence-electron chi connectivity index (χ2n) is 4.04. The Morgan fingerprint density at radius 2 is 1.85 bits per heavy atom. The molecule has 104 valence electrons. The van der Waals surface area contributed by atoms with Crippen LogP contribution in [0.25, 0.3) is 0 Å². The third kappa shape index (κ3) is 4.03. The molecule has 1 amide bonds. The van der Waals surface area contributed by atoms with Gasteiger partial charge in [-0.05, 0) is 30.3 Å². The zero-order chi connectivity index (χ0) is 14.5. The Balaban J connectivity index is 1.91. The van der Waals surface area contributed by atoms with E-state index in [1.165, 1.54) is 6.07 Å². The lowest BCUT2D eigenvalue weighted by molar-refractivity contribution is -0.114. The Morgan fingerprint density at radius 1 is 1.05 bits per heavy atom. The van der Waals surface area contributed by atoms with Crippen LogP contribution in [0.3, 0.4) is 0 Å². The highest BCUT2D eigenvalue weighted by Crippen LogP contribution is 2.16. The van der Waals surface area contributed by atoms with Crippen LogP contribution in [0.4, 0.5) is 20.2 Å². The number of rotatable bonds is 4. The molecule has 20 heavy (non-hydrogen) atoms. The first kappa shape index (κ1) is 14.5. The van der Waals surface area contributed by atoms with Crippen LogP contribution in [0.2, 0.25) is 0 Å². The minimum atomic E-state index is -0.997. The van der Waals surface area contributed by atoms with Crippen molar-refractivity contribution in [3.8, 4) is 0 Å². The van der Waals surface area contributed by atoms with Gasteiger partial charge in [0.15, 0.2) is 11.6 Å². The Hall–Kier alpha value is -1.95. The summed E-state index contributed by atoms with van der Waals surface area (Å²) in [5.41, 5.74) is 0.991. The molecule has 0 unspecified atom stereocenters. The lowest BCUT2D eigenvalue weighted by Gasteiger charge is -2.08. The van der Waals surface area contributed by atoms with Crippen LogP contribution in [-0.4, -0.2) is 12.5 Å². The van der Waals surface area contributed by atoms with Crippen LogP contribution >= 0.6 is 15.9 Å². The summed E-state index contributed by atoms with van der Waals surface area (Å²) in [5.74, 6) is -2.30. The molecule has 0 aliphatic heterocycles. The monoisotopic (exact) mass is 340 g/mol. The van der Waals surface area contributed by atoms with Gasteiger partial charge < -0.3 is 10.6 Å². The normalized spacial score (nSPS) is 10.2. The minimum absolute atomic E-state index is 0.0233. The highest BCUT2D eigenvalue weighted by molar-refractivity contribution is 9.10. The van der Waals surface area contributed by atoms with Gasteiger partial charge in [-0.25, -0.2) is 8.78 Å². The lowest BCUT2D eigenvalue weighted by Crippen LogP contribution is -2.21. The smallest absolute Gasteiger partial charge is 0.243 e. The van der Waals surface area contributed by atoms with Crippen LogP contribution in [-0.2, 0) is 4.79 Å². The van der Waals surface area contributed by atoms with Crippen molar-refractivity contribution in [3.05, 3.63) is 58.6 Å². The molecule has 2 aromatic rings. The molecule has 0 aromatic heterocycles. The Labute approximate surface area is 123 Å². The molecule has 3 nitrogen and oxygen atoms in total. The molecule has 0 saturated heterocycles. The molecular formula is C14H11BrF2N2O. The van der Waals surface area contributed by atoms with E-state index in [2.05, 4.69) is 26.6 Å². The fourth-order valence-electron chi connectivity index (χ4n) is 1.56. The van der Waals surface area contributed by atoms with Gasteiger partial charge in [-0.3, -0.25) is 4.79 Å². The first-order valence-electron chi connectivity index (χ1n) is 5.79. The topological polar surface area (TPSA) is 41.1 Å².